The molecule has 0 bridgehead atoms. The van der Waals surface area contributed by atoms with Crippen LogP contribution in [0.5, 0.6) is 17.2 Å². The molecule has 0 radical (unpaired) electrons. The maximum atomic E-state index is 12.6. The van der Waals surface area contributed by atoms with E-state index in [0.29, 0.717) is 24.6 Å². The van der Waals surface area contributed by atoms with Crippen LogP contribution in [-0.4, -0.2) is 31.3 Å². The summed E-state index contributed by atoms with van der Waals surface area (Å²) in [7, 11) is 1.72. The fourth-order valence-electron chi connectivity index (χ4n) is 5.59. The van der Waals surface area contributed by atoms with Gasteiger partial charge in [-0.1, -0.05) is 64.1 Å². The van der Waals surface area contributed by atoms with E-state index in [1.165, 1.54) is 33.9 Å². The van der Waals surface area contributed by atoms with Crippen molar-refractivity contribution in [3.05, 3.63) is 87.5 Å². The van der Waals surface area contributed by atoms with Crippen LogP contribution in [0.2, 0.25) is 0 Å². The number of ether oxygens (including phenoxy) is 2. The highest BCUT2D eigenvalue weighted by atomic mass is 16.5. The summed E-state index contributed by atoms with van der Waals surface area (Å²) >= 11 is 0. The number of hydrogen-bond donors (Lipinski definition) is 2. The summed E-state index contributed by atoms with van der Waals surface area (Å²) in [4.78, 5) is 12.6. The molecule has 1 heterocycles. The molecule has 0 saturated heterocycles. The van der Waals surface area contributed by atoms with Gasteiger partial charge in [-0.2, -0.15) is 0 Å². The second kappa shape index (κ2) is 11.1. The van der Waals surface area contributed by atoms with Crippen molar-refractivity contribution in [2.75, 3.05) is 20.3 Å². The summed E-state index contributed by atoms with van der Waals surface area (Å²) in [5.74, 6) is 2.10. The van der Waals surface area contributed by atoms with Gasteiger partial charge in [-0.3, -0.25) is 4.79 Å². The van der Waals surface area contributed by atoms with Crippen LogP contribution in [0.25, 0.3) is 0 Å². The molecule has 1 atom stereocenters. The number of carbonyl (C=O) groups is 1. The first-order valence-electron chi connectivity index (χ1n) is 13.5. The number of phenols is 1. The second-order valence-corrected chi connectivity index (χ2v) is 11.6. The molecule has 3 aromatic carbocycles. The average Bonchev–Trinajstić information content (AvgIpc) is 3.32. The maximum absolute atomic E-state index is 12.6. The third kappa shape index (κ3) is 5.52. The largest absolute Gasteiger partial charge is 0.507 e. The Labute approximate surface area is 227 Å². The third-order valence-corrected chi connectivity index (χ3v) is 7.94. The van der Waals surface area contributed by atoms with E-state index >= 15 is 0 Å². The predicted octanol–water partition coefficient (Wildman–Crippen LogP) is 7.05. The first-order chi connectivity index (χ1) is 18.0. The molecule has 0 saturated carbocycles. The number of hydrogen-bond acceptors (Lipinski definition) is 4. The SMILES string of the molecule is COc1c(C)c(CC(C)(C)CCNC(=O)c2ccccc2O)c(C)c2c1OCC2c1ccc(C(C)C)cc1. The lowest BCUT2D eigenvalue weighted by molar-refractivity contribution is 0.0946. The standard InChI is InChI=1S/C33H41NO4/c1-20(2)23-12-14-24(15-13-23)27-19-38-31-29(27)21(3)26(22(4)30(31)37-7)18-33(5,6)16-17-34-32(36)25-10-8-9-11-28(25)35/h8-15,20,27,35H,16-19H2,1-7H3,(H,34,36). The Morgan fingerprint density at radius 3 is 2.42 bits per heavy atom. The summed E-state index contributed by atoms with van der Waals surface area (Å²) in [5.41, 5.74) is 7.71. The molecule has 3 aromatic rings. The van der Waals surface area contributed by atoms with Crippen LogP contribution in [0.15, 0.2) is 48.5 Å². The van der Waals surface area contributed by atoms with Crippen molar-refractivity contribution < 1.29 is 19.4 Å². The van der Waals surface area contributed by atoms with E-state index in [9.17, 15) is 9.90 Å². The minimum atomic E-state index is -0.256. The van der Waals surface area contributed by atoms with E-state index in [-0.39, 0.29) is 23.0 Å². The fraction of sp³-hybridized carbons (Fsp3) is 0.424. The number of carbonyl (C=O) groups excluding carboxylic acids is 1. The fourth-order valence-corrected chi connectivity index (χ4v) is 5.59. The lowest BCUT2D eigenvalue weighted by atomic mass is 9.77. The Balaban J connectivity index is 1.57. The number of amides is 1. The Kier molecular flexibility index (Phi) is 8.05. The van der Waals surface area contributed by atoms with E-state index in [1.807, 2.05) is 0 Å². The van der Waals surface area contributed by atoms with Gasteiger partial charge in [0, 0.05) is 18.0 Å². The lowest BCUT2D eigenvalue weighted by Gasteiger charge is -2.29. The van der Waals surface area contributed by atoms with Gasteiger partial charge in [-0.25, -0.2) is 0 Å². The Morgan fingerprint density at radius 2 is 1.79 bits per heavy atom. The monoisotopic (exact) mass is 515 g/mol. The van der Waals surface area contributed by atoms with E-state index in [4.69, 9.17) is 9.47 Å². The molecule has 5 heteroatoms. The highest BCUT2D eigenvalue weighted by Crippen LogP contribution is 2.50. The molecule has 0 aromatic heterocycles. The number of rotatable bonds is 9. The molecular weight excluding hydrogens is 474 g/mol. The predicted molar refractivity (Wildman–Crippen MR) is 153 cm³/mol. The summed E-state index contributed by atoms with van der Waals surface area (Å²) < 4.78 is 12.2. The molecule has 4 rings (SSSR count). The number of phenolic OH excluding ortho intramolecular Hbond substituents is 1. The van der Waals surface area contributed by atoms with Gasteiger partial charge in [0.05, 0.1) is 19.3 Å². The van der Waals surface area contributed by atoms with Crippen LogP contribution in [0.3, 0.4) is 0 Å². The van der Waals surface area contributed by atoms with Gasteiger partial charge in [-0.05, 0) is 78.0 Å². The number of nitrogens with one attached hydrogen (secondary N) is 1. The van der Waals surface area contributed by atoms with Gasteiger partial charge >= 0.3 is 0 Å². The molecule has 1 aliphatic heterocycles. The van der Waals surface area contributed by atoms with E-state index < -0.39 is 0 Å². The van der Waals surface area contributed by atoms with Crippen molar-refractivity contribution in [1.82, 2.24) is 5.32 Å². The molecule has 38 heavy (non-hydrogen) atoms. The lowest BCUT2D eigenvalue weighted by Crippen LogP contribution is -2.29. The van der Waals surface area contributed by atoms with Crippen LogP contribution in [-0.2, 0) is 6.42 Å². The molecule has 0 spiro atoms. The number of para-hydroxylation sites is 1. The first-order valence-corrected chi connectivity index (χ1v) is 13.5. The zero-order chi connectivity index (χ0) is 27.6. The maximum Gasteiger partial charge on any atom is 0.255 e. The zero-order valence-corrected chi connectivity index (χ0v) is 23.8. The topological polar surface area (TPSA) is 67.8 Å². The second-order valence-electron chi connectivity index (χ2n) is 11.6. The van der Waals surface area contributed by atoms with Crippen LogP contribution in [0.4, 0.5) is 0 Å². The van der Waals surface area contributed by atoms with E-state index in [0.717, 1.165) is 29.9 Å². The van der Waals surface area contributed by atoms with Crippen LogP contribution >= 0.6 is 0 Å². The van der Waals surface area contributed by atoms with Crippen LogP contribution < -0.4 is 14.8 Å². The molecule has 1 aliphatic rings. The van der Waals surface area contributed by atoms with Crippen LogP contribution in [0.1, 0.15) is 89.7 Å². The normalized spacial score (nSPS) is 14.8. The van der Waals surface area contributed by atoms with Crippen molar-refractivity contribution in [1.29, 1.82) is 0 Å². The Morgan fingerprint density at radius 1 is 1.11 bits per heavy atom. The van der Waals surface area contributed by atoms with Crippen molar-refractivity contribution in [3.63, 3.8) is 0 Å². The number of benzene rings is 3. The van der Waals surface area contributed by atoms with Gasteiger partial charge in [0.15, 0.2) is 11.5 Å². The summed E-state index contributed by atoms with van der Waals surface area (Å²) in [5, 5.41) is 13.0. The highest BCUT2D eigenvalue weighted by Gasteiger charge is 2.34. The van der Waals surface area contributed by atoms with Gasteiger partial charge in [0.1, 0.15) is 5.75 Å². The number of fused-ring (bicyclic) bond motifs is 1. The summed E-state index contributed by atoms with van der Waals surface area (Å²) in [6, 6.07) is 15.6. The highest BCUT2D eigenvalue weighted by molar-refractivity contribution is 5.96. The average molecular weight is 516 g/mol. The smallest absolute Gasteiger partial charge is 0.255 e. The van der Waals surface area contributed by atoms with Crippen molar-refractivity contribution in [2.24, 2.45) is 5.41 Å². The van der Waals surface area contributed by atoms with Crippen molar-refractivity contribution in [3.8, 4) is 17.2 Å². The Bertz CT molecular complexity index is 1310. The molecule has 1 amide bonds. The summed E-state index contributed by atoms with van der Waals surface area (Å²) in [6.45, 7) is 14.4. The van der Waals surface area contributed by atoms with E-state index in [1.54, 1.807) is 25.3 Å². The quantitative estimate of drug-likeness (QED) is 0.320. The molecule has 5 nitrogen and oxygen atoms in total. The van der Waals surface area contributed by atoms with Crippen molar-refractivity contribution in [2.45, 2.75) is 66.2 Å². The number of methoxy groups -OCH3 is 1. The number of aromatic hydroxyl groups is 1. The molecular formula is C33H41NO4. The van der Waals surface area contributed by atoms with E-state index in [2.05, 4.69) is 71.1 Å². The van der Waals surface area contributed by atoms with Crippen molar-refractivity contribution >= 4 is 5.91 Å². The molecule has 2 N–H and O–H groups in total. The minimum Gasteiger partial charge on any atom is -0.507 e. The Hall–Kier alpha value is -3.47. The third-order valence-electron chi connectivity index (χ3n) is 7.94. The first kappa shape index (κ1) is 27.6. The molecule has 1 unspecified atom stereocenters. The van der Waals surface area contributed by atoms with Gasteiger partial charge in [0.25, 0.3) is 5.91 Å². The van der Waals surface area contributed by atoms with Crippen LogP contribution in [0, 0.1) is 19.3 Å². The van der Waals surface area contributed by atoms with Gasteiger partial charge < -0.3 is 19.9 Å². The summed E-state index contributed by atoms with van der Waals surface area (Å²) in [6.07, 6.45) is 1.64. The zero-order valence-electron chi connectivity index (χ0n) is 23.8. The molecule has 0 fully saturated rings. The minimum absolute atomic E-state index is 0.00337. The molecule has 0 aliphatic carbocycles. The van der Waals surface area contributed by atoms with Gasteiger partial charge in [-0.15, -0.1) is 0 Å². The van der Waals surface area contributed by atoms with Gasteiger partial charge in [0.2, 0.25) is 0 Å². The molecule has 202 valence electrons.